The molecule has 0 aliphatic carbocycles. The summed E-state index contributed by atoms with van der Waals surface area (Å²) in [6.07, 6.45) is 2.36. The molecule has 3 nitrogen and oxygen atoms in total. The number of hydrogen-bond acceptors (Lipinski definition) is 3. The molecule has 0 aromatic rings. The van der Waals surface area contributed by atoms with E-state index in [1.165, 1.54) is 6.21 Å². The van der Waals surface area contributed by atoms with Crippen molar-refractivity contribution in [3.8, 4) is 0 Å². The topological polar surface area (TPSA) is 35.8 Å². The third-order valence-corrected chi connectivity index (χ3v) is 1.55. The normalized spacial score (nSPS) is 11.5. The Labute approximate surface area is 62.3 Å². The Bertz CT molecular complexity index is 89.6. The molecule has 0 fully saturated rings. The second kappa shape index (κ2) is 6.55. The van der Waals surface area contributed by atoms with Crippen LogP contribution < -0.4 is 0 Å². The Kier molecular flexibility index (Phi) is 6.18. The average molecular weight is 144 g/mol. The summed E-state index contributed by atoms with van der Waals surface area (Å²) in [5.74, 6) is 0. The molecular weight excluding hydrogens is 128 g/mol. The summed E-state index contributed by atoms with van der Waals surface area (Å²) in [6.45, 7) is 7.36. The first kappa shape index (κ1) is 9.43. The molecule has 1 N–H and O–H groups in total. The van der Waals surface area contributed by atoms with Crippen molar-refractivity contribution >= 4 is 6.21 Å². The van der Waals surface area contributed by atoms with Crippen molar-refractivity contribution in [3.63, 3.8) is 0 Å². The summed E-state index contributed by atoms with van der Waals surface area (Å²) in [7, 11) is 0. The predicted octanol–water partition coefficient (Wildman–Crippen LogP) is 1.18. The highest BCUT2D eigenvalue weighted by molar-refractivity contribution is 5.56. The highest BCUT2D eigenvalue weighted by atomic mass is 16.4. The predicted molar refractivity (Wildman–Crippen MR) is 42.7 cm³/mol. The Morgan fingerprint density at radius 3 is 2.40 bits per heavy atom. The van der Waals surface area contributed by atoms with E-state index in [0.717, 1.165) is 26.1 Å². The number of nitrogens with zero attached hydrogens (tertiary/aromatic N) is 2. The first-order chi connectivity index (χ1) is 4.85. The van der Waals surface area contributed by atoms with Crippen molar-refractivity contribution in [1.82, 2.24) is 4.90 Å². The van der Waals surface area contributed by atoms with Gasteiger partial charge in [-0.3, -0.25) is 0 Å². The molecule has 0 saturated heterocycles. The first-order valence-corrected chi connectivity index (χ1v) is 3.73. The summed E-state index contributed by atoms with van der Waals surface area (Å²) < 4.78 is 0. The second-order valence-corrected chi connectivity index (χ2v) is 2.11. The first-order valence-electron chi connectivity index (χ1n) is 3.73. The van der Waals surface area contributed by atoms with Crippen LogP contribution in [0.2, 0.25) is 0 Å². The van der Waals surface area contributed by atoms with E-state index in [1.54, 1.807) is 0 Å². The van der Waals surface area contributed by atoms with Crippen LogP contribution in [0.25, 0.3) is 0 Å². The second-order valence-electron chi connectivity index (χ2n) is 2.11. The standard InChI is InChI=1S/C7H16N2O/c1-3-9(4-2)7-5-6-8-10/h6,10H,3-5,7H2,1-2H3. The van der Waals surface area contributed by atoms with Crippen LogP contribution in [0, 0.1) is 0 Å². The van der Waals surface area contributed by atoms with Gasteiger partial charge in [0.25, 0.3) is 0 Å². The monoisotopic (exact) mass is 144 g/mol. The molecule has 0 heterocycles. The smallest absolute Gasteiger partial charge is 0.0448 e. The van der Waals surface area contributed by atoms with E-state index >= 15 is 0 Å². The van der Waals surface area contributed by atoms with Crippen LogP contribution in [-0.4, -0.2) is 36.0 Å². The van der Waals surface area contributed by atoms with Crippen LogP contribution in [-0.2, 0) is 0 Å². The summed E-state index contributed by atoms with van der Waals surface area (Å²) in [5.41, 5.74) is 0. The molecule has 3 heteroatoms. The molecule has 0 aromatic carbocycles. The molecule has 0 bridgehead atoms. The van der Waals surface area contributed by atoms with Crippen LogP contribution in [0.15, 0.2) is 5.16 Å². The Morgan fingerprint density at radius 1 is 1.40 bits per heavy atom. The minimum Gasteiger partial charge on any atom is -0.411 e. The van der Waals surface area contributed by atoms with Gasteiger partial charge >= 0.3 is 0 Å². The number of hydrogen-bond donors (Lipinski definition) is 1. The average Bonchev–Trinajstić information content (AvgIpc) is 1.99. The van der Waals surface area contributed by atoms with Gasteiger partial charge in [-0.15, -0.1) is 5.16 Å². The van der Waals surface area contributed by atoms with Crippen molar-refractivity contribution < 1.29 is 5.21 Å². The quantitative estimate of drug-likeness (QED) is 0.357. The van der Waals surface area contributed by atoms with Crippen LogP contribution in [0.1, 0.15) is 20.3 Å². The molecule has 0 aliphatic heterocycles. The molecule has 10 heavy (non-hydrogen) atoms. The molecule has 0 aliphatic rings. The molecule has 0 unspecified atom stereocenters. The summed E-state index contributed by atoms with van der Waals surface area (Å²) >= 11 is 0. The molecule has 0 atom stereocenters. The van der Waals surface area contributed by atoms with Crippen LogP contribution in [0.3, 0.4) is 0 Å². The van der Waals surface area contributed by atoms with Crippen LogP contribution in [0.5, 0.6) is 0 Å². The Hall–Kier alpha value is -0.570. The van der Waals surface area contributed by atoms with Crippen molar-refractivity contribution in [2.24, 2.45) is 5.16 Å². The van der Waals surface area contributed by atoms with Gasteiger partial charge < -0.3 is 10.1 Å². The largest absolute Gasteiger partial charge is 0.411 e. The zero-order valence-corrected chi connectivity index (χ0v) is 6.75. The lowest BCUT2D eigenvalue weighted by Crippen LogP contribution is -2.24. The lowest BCUT2D eigenvalue weighted by molar-refractivity contribution is 0.304. The van der Waals surface area contributed by atoms with E-state index in [4.69, 9.17) is 5.21 Å². The van der Waals surface area contributed by atoms with Crippen LogP contribution in [0.4, 0.5) is 0 Å². The van der Waals surface area contributed by atoms with E-state index in [9.17, 15) is 0 Å². The van der Waals surface area contributed by atoms with Crippen molar-refractivity contribution in [3.05, 3.63) is 0 Å². The van der Waals surface area contributed by atoms with E-state index in [2.05, 4.69) is 23.9 Å². The summed E-state index contributed by atoms with van der Waals surface area (Å²) in [4.78, 5) is 2.28. The SMILES string of the molecule is CCN(CC)CCC=NO. The maximum atomic E-state index is 8.08. The van der Waals surface area contributed by atoms with Crippen molar-refractivity contribution in [1.29, 1.82) is 0 Å². The highest BCUT2D eigenvalue weighted by Gasteiger charge is 1.94. The van der Waals surface area contributed by atoms with Gasteiger partial charge in [-0.2, -0.15) is 0 Å². The summed E-state index contributed by atoms with van der Waals surface area (Å²) in [6, 6.07) is 0. The molecule has 0 saturated carbocycles. The molecule has 0 aromatic heterocycles. The van der Waals surface area contributed by atoms with E-state index in [0.29, 0.717) is 0 Å². The molecule has 60 valence electrons. The Morgan fingerprint density at radius 2 is 2.00 bits per heavy atom. The zero-order valence-electron chi connectivity index (χ0n) is 6.75. The summed E-state index contributed by atoms with van der Waals surface area (Å²) in [5, 5.41) is 11.0. The van der Waals surface area contributed by atoms with Gasteiger partial charge in [-0.05, 0) is 19.5 Å². The molecule has 0 radical (unpaired) electrons. The van der Waals surface area contributed by atoms with E-state index in [1.807, 2.05) is 0 Å². The minimum absolute atomic E-state index is 0.832. The Balaban J connectivity index is 3.25. The van der Waals surface area contributed by atoms with Gasteiger partial charge in [0.2, 0.25) is 0 Å². The van der Waals surface area contributed by atoms with Gasteiger partial charge in [-0.25, -0.2) is 0 Å². The van der Waals surface area contributed by atoms with Crippen LogP contribution >= 0.6 is 0 Å². The number of rotatable bonds is 5. The lowest BCUT2D eigenvalue weighted by atomic mass is 10.4. The fraction of sp³-hybridized carbons (Fsp3) is 0.857. The fourth-order valence-corrected chi connectivity index (χ4v) is 0.838. The third kappa shape index (κ3) is 4.32. The lowest BCUT2D eigenvalue weighted by Gasteiger charge is -2.15. The van der Waals surface area contributed by atoms with Gasteiger partial charge in [0.1, 0.15) is 0 Å². The van der Waals surface area contributed by atoms with Crippen molar-refractivity contribution in [2.45, 2.75) is 20.3 Å². The van der Waals surface area contributed by atoms with Gasteiger partial charge in [0.05, 0.1) is 0 Å². The zero-order chi connectivity index (χ0) is 7.82. The molecule has 0 rings (SSSR count). The van der Waals surface area contributed by atoms with Crippen molar-refractivity contribution in [2.75, 3.05) is 19.6 Å². The van der Waals surface area contributed by atoms with Gasteiger partial charge in [0.15, 0.2) is 0 Å². The maximum absolute atomic E-state index is 8.08. The molecular formula is C7H16N2O. The molecule has 0 amide bonds. The third-order valence-electron chi connectivity index (χ3n) is 1.55. The minimum atomic E-state index is 0.832. The fourth-order valence-electron chi connectivity index (χ4n) is 0.838. The van der Waals surface area contributed by atoms with E-state index in [-0.39, 0.29) is 0 Å². The van der Waals surface area contributed by atoms with E-state index < -0.39 is 0 Å². The van der Waals surface area contributed by atoms with Gasteiger partial charge in [0, 0.05) is 12.8 Å². The number of oxime groups is 1. The van der Waals surface area contributed by atoms with Gasteiger partial charge in [-0.1, -0.05) is 13.8 Å². The highest BCUT2D eigenvalue weighted by Crippen LogP contribution is 1.87. The maximum Gasteiger partial charge on any atom is 0.0448 e. The molecule has 0 spiro atoms.